The highest BCUT2D eigenvalue weighted by molar-refractivity contribution is 6.21. The van der Waals surface area contributed by atoms with E-state index in [-0.39, 0.29) is 0 Å². The van der Waals surface area contributed by atoms with Crippen molar-refractivity contribution in [3.05, 3.63) is 157 Å². The predicted molar refractivity (Wildman–Crippen MR) is 186 cm³/mol. The van der Waals surface area contributed by atoms with E-state index in [1.54, 1.807) is 12.4 Å². The van der Waals surface area contributed by atoms with Crippen LogP contribution in [0.5, 0.6) is 0 Å². The van der Waals surface area contributed by atoms with E-state index in [9.17, 15) is 10.5 Å². The second-order valence-corrected chi connectivity index (χ2v) is 11.3. The molecule has 6 aromatic carbocycles. The Bertz CT molecular complexity index is 2490. The number of nitriles is 2. The van der Waals surface area contributed by atoms with Crippen LogP contribution in [-0.4, -0.2) is 9.97 Å². The van der Waals surface area contributed by atoms with Crippen molar-refractivity contribution in [2.45, 2.75) is 0 Å². The number of benzene rings is 6. The van der Waals surface area contributed by atoms with Crippen molar-refractivity contribution in [3.63, 3.8) is 0 Å². The average Bonchev–Trinajstić information content (AvgIpc) is 3.13. The van der Waals surface area contributed by atoms with E-state index in [4.69, 9.17) is 0 Å². The Kier molecular flexibility index (Phi) is 6.53. The molecule has 46 heavy (non-hydrogen) atoms. The van der Waals surface area contributed by atoms with E-state index >= 15 is 0 Å². The first-order valence-electron chi connectivity index (χ1n) is 15.0. The summed E-state index contributed by atoms with van der Waals surface area (Å²) < 4.78 is 0. The van der Waals surface area contributed by atoms with Crippen molar-refractivity contribution in [2.24, 2.45) is 0 Å². The minimum absolute atomic E-state index is 0.409. The standard InChI is InChI=1S/C42H24N4/c43-25-35-23-32(17-19-45-35)27-9-11-28(12-10-27)41-37-5-1-3-7-39(37)42(40-8-4-2-6-38(40)41)34-16-15-29-21-30(13-14-31(29)22-34)33-18-20-46-36(24-33)26-44/h1-24H. The lowest BCUT2D eigenvalue weighted by molar-refractivity contribution is 1.26. The molecule has 0 radical (unpaired) electrons. The Balaban J connectivity index is 1.28. The van der Waals surface area contributed by atoms with Gasteiger partial charge < -0.3 is 0 Å². The highest BCUT2D eigenvalue weighted by Crippen LogP contribution is 2.44. The summed E-state index contributed by atoms with van der Waals surface area (Å²) in [6, 6.07) is 50.8. The number of hydrogen-bond donors (Lipinski definition) is 0. The van der Waals surface area contributed by atoms with Gasteiger partial charge in [-0.05, 0) is 113 Å². The number of rotatable bonds is 4. The summed E-state index contributed by atoms with van der Waals surface area (Å²) in [6.45, 7) is 0. The third-order valence-electron chi connectivity index (χ3n) is 8.65. The molecule has 0 saturated carbocycles. The quantitative estimate of drug-likeness (QED) is 0.193. The Morgan fingerprint density at radius 2 is 0.761 bits per heavy atom. The van der Waals surface area contributed by atoms with Gasteiger partial charge in [0.1, 0.15) is 23.5 Å². The van der Waals surface area contributed by atoms with Crippen LogP contribution in [0.4, 0.5) is 0 Å². The molecule has 0 N–H and O–H groups in total. The normalized spacial score (nSPS) is 11.0. The van der Waals surface area contributed by atoms with Crippen LogP contribution < -0.4 is 0 Å². The molecular weight excluding hydrogens is 560 g/mol. The Morgan fingerprint density at radius 1 is 0.370 bits per heavy atom. The van der Waals surface area contributed by atoms with Gasteiger partial charge in [0.05, 0.1) is 0 Å². The zero-order chi connectivity index (χ0) is 31.0. The molecule has 2 aromatic heterocycles. The summed E-state index contributed by atoms with van der Waals surface area (Å²) in [6.07, 6.45) is 3.36. The fourth-order valence-electron chi connectivity index (χ4n) is 6.50. The fraction of sp³-hybridized carbons (Fsp3) is 0. The van der Waals surface area contributed by atoms with Gasteiger partial charge >= 0.3 is 0 Å². The van der Waals surface area contributed by atoms with Crippen molar-refractivity contribution in [2.75, 3.05) is 0 Å². The maximum atomic E-state index is 9.31. The van der Waals surface area contributed by atoms with E-state index in [2.05, 4.69) is 131 Å². The number of nitrogens with zero attached hydrogens (tertiary/aromatic N) is 4. The minimum atomic E-state index is 0.409. The third kappa shape index (κ3) is 4.63. The van der Waals surface area contributed by atoms with E-state index < -0.39 is 0 Å². The largest absolute Gasteiger partial charge is 0.246 e. The molecular formula is C42H24N4. The zero-order valence-electron chi connectivity index (χ0n) is 24.6. The molecule has 0 saturated heterocycles. The second-order valence-electron chi connectivity index (χ2n) is 11.3. The highest BCUT2D eigenvalue weighted by atomic mass is 14.7. The maximum absolute atomic E-state index is 9.31. The molecule has 8 rings (SSSR count). The van der Waals surface area contributed by atoms with Crippen LogP contribution in [0.1, 0.15) is 11.4 Å². The summed E-state index contributed by atoms with van der Waals surface area (Å²) in [5, 5.41) is 25.7. The number of fused-ring (bicyclic) bond motifs is 3. The first-order chi connectivity index (χ1) is 22.7. The van der Waals surface area contributed by atoms with Crippen LogP contribution >= 0.6 is 0 Å². The van der Waals surface area contributed by atoms with Crippen LogP contribution in [0.3, 0.4) is 0 Å². The van der Waals surface area contributed by atoms with Gasteiger partial charge in [-0.3, -0.25) is 0 Å². The molecule has 0 atom stereocenters. The molecule has 0 bridgehead atoms. The topological polar surface area (TPSA) is 73.4 Å². The van der Waals surface area contributed by atoms with Gasteiger partial charge in [0.15, 0.2) is 0 Å². The van der Waals surface area contributed by atoms with Crippen molar-refractivity contribution in [1.29, 1.82) is 10.5 Å². The van der Waals surface area contributed by atoms with Gasteiger partial charge in [-0.15, -0.1) is 0 Å². The Labute approximate surface area is 266 Å². The predicted octanol–water partition coefficient (Wildman–Crippen LogP) is 10.3. The fourth-order valence-corrected chi connectivity index (χ4v) is 6.50. The molecule has 0 aliphatic carbocycles. The van der Waals surface area contributed by atoms with Gasteiger partial charge in [-0.1, -0.05) is 97.1 Å². The van der Waals surface area contributed by atoms with Crippen LogP contribution in [0.25, 0.3) is 76.8 Å². The molecule has 4 heteroatoms. The lowest BCUT2D eigenvalue weighted by atomic mass is 9.85. The summed E-state index contributed by atoms with van der Waals surface area (Å²) in [4.78, 5) is 8.23. The zero-order valence-corrected chi connectivity index (χ0v) is 24.6. The summed E-state index contributed by atoms with van der Waals surface area (Å²) >= 11 is 0. The summed E-state index contributed by atoms with van der Waals surface area (Å²) in [5.74, 6) is 0. The van der Waals surface area contributed by atoms with Crippen molar-refractivity contribution in [1.82, 2.24) is 9.97 Å². The van der Waals surface area contributed by atoms with Gasteiger partial charge in [0, 0.05) is 12.4 Å². The van der Waals surface area contributed by atoms with Crippen molar-refractivity contribution < 1.29 is 0 Å². The Morgan fingerprint density at radius 3 is 1.28 bits per heavy atom. The highest BCUT2D eigenvalue weighted by Gasteiger charge is 2.17. The van der Waals surface area contributed by atoms with E-state index in [1.165, 1.54) is 32.7 Å². The average molecular weight is 585 g/mol. The molecule has 0 aliphatic heterocycles. The van der Waals surface area contributed by atoms with Crippen LogP contribution in [0.15, 0.2) is 146 Å². The first-order valence-corrected chi connectivity index (χ1v) is 15.0. The molecule has 212 valence electrons. The molecule has 0 aliphatic rings. The van der Waals surface area contributed by atoms with Crippen LogP contribution in [0.2, 0.25) is 0 Å². The van der Waals surface area contributed by atoms with Crippen LogP contribution in [-0.2, 0) is 0 Å². The van der Waals surface area contributed by atoms with Crippen molar-refractivity contribution in [3.8, 4) is 56.6 Å². The summed E-state index contributed by atoms with van der Waals surface area (Å²) in [5.41, 5.74) is 9.58. The first kappa shape index (κ1) is 27.0. The molecule has 4 nitrogen and oxygen atoms in total. The van der Waals surface area contributed by atoms with Gasteiger partial charge in [-0.2, -0.15) is 10.5 Å². The molecule has 0 unspecified atom stereocenters. The number of aromatic nitrogens is 2. The van der Waals surface area contributed by atoms with Crippen LogP contribution in [0, 0.1) is 22.7 Å². The minimum Gasteiger partial charge on any atom is -0.246 e. The number of hydrogen-bond acceptors (Lipinski definition) is 4. The third-order valence-corrected chi connectivity index (χ3v) is 8.65. The smallest absolute Gasteiger partial charge is 0.141 e. The van der Waals surface area contributed by atoms with Gasteiger partial charge in [0.25, 0.3) is 0 Å². The SMILES string of the molecule is N#Cc1cc(-c2ccc(-c3c4ccccc4c(-c4ccc5cc(-c6ccnc(C#N)c6)ccc5c4)c4ccccc34)cc2)ccn1. The summed E-state index contributed by atoms with van der Waals surface area (Å²) in [7, 11) is 0. The molecule has 0 fully saturated rings. The van der Waals surface area contributed by atoms with Gasteiger partial charge in [0.2, 0.25) is 0 Å². The molecule has 2 heterocycles. The lowest BCUT2D eigenvalue weighted by Crippen LogP contribution is -1.91. The number of pyridine rings is 2. The Hall–Kier alpha value is -6.62. The van der Waals surface area contributed by atoms with E-state index in [1.807, 2.05) is 24.3 Å². The monoisotopic (exact) mass is 584 g/mol. The maximum Gasteiger partial charge on any atom is 0.141 e. The van der Waals surface area contributed by atoms with Crippen molar-refractivity contribution >= 4 is 32.3 Å². The molecule has 0 spiro atoms. The molecule has 0 amide bonds. The second kappa shape index (κ2) is 11.1. The van der Waals surface area contributed by atoms with E-state index in [0.717, 1.165) is 44.2 Å². The molecule has 8 aromatic rings. The van der Waals surface area contributed by atoms with Gasteiger partial charge in [-0.25, -0.2) is 9.97 Å². The lowest BCUT2D eigenvalue weighted by Gasteiger charge is -2.18. The van der Waals surface area contributed by atoms with E-state index in [0.29, 0.717) is 11.4 Å².